The molecule has 0 saturated carbocycles. The number of nitrogens with zero attached hydrogens (tertiary/aromatic N) is 1. The molecule has 2 aromatic rings. The number of nitrogens with one attached hydrogen (secondary N) is 2. The molecule has 0 atom stereocenters. The quantitative estimate of drug-likeness (QED) is 0.678. The van der Waals surface area contributed by atoms with E-state index in [2.05, 4.69) is 27.1 Å². The molecule has 4 nitrogen and oxygen atoms in total. The highest BCUT2D eigenvalue weighted by molar-refractivity contribution is 5.78. The van der Waals surface area contributed by atoms with E-state index < -0.39 is 0 Å². The number of benzene rings is 1. The van der Waals surface area contributed by atoms with Gasteiger partial charge in [0.1, 0.15) is 0 Å². The van der Waals surface area contributed by atoms with Crippen molar-refractivity contribution in [2.45, 2.75) is 0 Å². The van der Waals surface area contributed by atoms with E-state index >= 15 is 0 Å². The predicted octanol–water partition coefficient (Wildman–Crippen LogP) is 0.494. The van der Waals surface area contributed by atoms with Gasteiger partial charge in [-0.25, -0.2) is 4.98 Å². The van der Waals surface area contributed by atoms with Crippen molar-refractivity contribution in [1.29, 1.82) is 0 Å². The van der Waals surface area contributed by atoms with Crippen LogP contribution in [0.4, 0.5) is 0 Å². The van der Waals surface area contributed by atoms with Crippen molar-refractivity contribution < 1.29 is 0 Å². The second kappa shape index (κ2) is 4.60. The van der Waals surface area contributed by atoms with Gasteiger partial charge in [0.2, 0.25) is 0 Å². The van der Waals surface area contributed by atoms with Crippen LogP contribution < -0.4 is 10.9 Å². The lowest BCUT2D eigenvalue weighted by atomic mass is 10.1. The molecular formula is C12H11N3O. The van der Waals surface area contributed by atoms with E-state index in [9.17, 15) is 4.79 Å². The van der Waals surface area contributed by atoms with Crippen LogP contribution in [0.15, 0.2) is 29.3 Å². The van der Waals surface area contributed by atoms with E-state index in [4.69, 9.17) is 0 Å². The molecule has 1 heterocycles. The maximum atomic E-state index is 11.5. The van der Waals surface area contributed by atoms with Gasteiger partial charge in [-0.2, -0.15) is 0 Å². The molecule has 2 rings (SSSR count). The van der Waals surface area contributed by atoms with Gasteiger partial charge < -0.3 is 10.3 Å². The molecule has 0 aliphatic carbocycles. The van der Waals surface area contributed by atoms with E-state index in [-0.39, 0.29) is 5.56 Å². The first kappa shape index (κ1) is 10.4. The molecule has 80 valence electrons. The van der Waals surface area contributed by atoms with Crippen molar-refractivity contribution in [3.05, 3.63) is 40.4 Å². The summed E-state index contributed by atoms with van der Waals surface area (Å²) < 4.78 is 0. The van der Waals surface area contributed by atoms with Crippen LogP contribution in [0.1, 0.15) is 5.56 Å². The molecule has 1 aromatic heterocycles. The van der Waals surface area contributed by atoms with E-state index in [1.165, 1.54) is 6.33 Å². The van der Waals surface area contributed by atoms with Crippen molar-refractivity contribution in [3.8, 4) is 11.8 Å². The first-order chi connectivity index (χ1) is 7.81. The summed E-state index contributed by atoms with van der Waals surface area (Å²) in [5.74, 6) is 5.91. The maximum absolute atomic E-state index is 11.5. The van der Waals surface area contributed by atoms with Crippen LogP contribution in [0.5, 0.6) is 0 Å². The van der Waals surface area contributed by atoms with Crippen LogP contribution in [0, 0.1) is 11.8 Å². The van der Waals surface area contributed by atoms with Gasteiger partial charge in [-0.05, 0) is 25.2 Å². The van der Waals surface area contributed by atoms with E-state index in [1.807, 2.05) is 13.1 Å². The Morgan fingerprint density at radius 1 is 1.50 bits per heavy atom. The number of hydrogen-bond acceptors (Lipinski definition) is 3. The lowest BCUT2D eigenvalue weighted by Crippen LogP contribution is -2.06. The van der Waals surface area contributed by atoms with Gasteiger partial charge >= 0.3 is 0 Å². The van der Waals surface area contributed by atoms with Crippen molar-refractivity contribution in [2.75, 3.05) is 13.6 Å². The Kier molecular flexibility index (Phi) is 2.99. The van der Waals surface area contributed by atoms with Crippen LogP contribution in [0.2, 0.25) is 0 Å². The molecule has 0 fully saturated rings. The Bertz CT molecular complexity index is 619. The van der Waals surface area contributed by atoms with Crippen LogP contribution in [-0.2, 0) is 0 Å². The predicted molar refractivity (Wildman–Crippen MR) is 63.2 cm³/mol. The topological polar surface area (TPSA) is 57.8 Å². The summed E-state index contributed by atoms with van der Waals surface area (Å²) in [7, 11) is 1.84. The smallest absolute Gasteiger partial charge is 0.258 e. The van der Waals surface area contributed by atoms with Crippen LogP contribution in [0.25, 0.3) is 10.9 Å². The van der Waals surface area contributed by atoms with Crippen molar-refractivity contribution in [1.82, 2.24) is 15.3 Å². The average molecular weight is 213 g/mol. The standard InChI is InChI=1S/C12H11N3O/c1-13-6-2-3-9-4-5-11-10(7-9)12(16)15-8-14-11/h4-5,7-8,13H,6H2,1H3,(H,14,15,16). The zero-order valence-corrected chi connectivity index (χ0v) is 8.87. The third-order valence-electron chi connectivity index (χ3n) is 2.14. The zero-order chi connectivity index (χ0) is 11.4. The van der Waals surface area contributed by atoms with Gasteiger partial charge in [-0.15, -0.1) is 0 Å². The second-order valence-corrected chi connectivity index (χ2v) is 3.30. The molecule has 0 aliphatic rings. The molecule has 0 spiro atoms. The highest BCUT2D eigenvalue weighted by atomic mass is 16.1. The number of fused-ring (bicyclic) bond motifs is 1. The first-order valence-corrected chi connectivity index (χ1v) is 4.92. The number of aromatic nitrogens is 2. The SMILES string of the molecule is CNCC#Cc1ccc2nc[nH]c(=O)c2c1. The van der Waals surface area contributed by atoms with Crippen molar-refractivity contribution >= 4 is 10.9 Å². The summed E-state index contributed by atoms with van der Waals surface area (Å²) in [6.07, 6.45) is 1.40. The Hall–Kier alpha value is -2.12. The Labute approximate surface area is 92.7 Å². The van der Waals surface area contributed by atoms with Gasteiger partial charge in [0.15, 0.2) is 0 Å². The fraction of sp³-hybridized carbons (Fsp3) is 0.167. The number of hydrogen-bond donors (Lipinski definition) is 2. The minimum atomic E-state index is -0.137. The van der Waals surface area contributed by atoms with Gasteiger partial charge in [-0.1, -0.05) is 11.8 Å². The Balaban J connectivity index is 2.49. The normalized spacial score (nSPS) is 9.81. The average Bonchev–Trinajstić information content (AvgIpc) is 2.30. The minimum absolute atomic E-state index is 0.137. The molecule has 0 bridgehead atoms. The van der Waals surface area contributed by atoms with Crippen LogP contribution in [-0.4, -0.2) is 23.6 Å². The summed E-state index contributed by atoms with van der Waals surface area (Å²) in [6, 6.07) is 5.41. The van der Waals surface area contributed by atoms with Gasteiger partial charge in [-0.3, -0.25) is 4.79 Å². The summed E-state index contributed by atoms with van der Waals surface area (Å²) in [5, 5.41) is 3.50. The molecule has 0 unspecified atom stereocenters. The molecule has 1 aromatic carbocycles. The van der Waals surface area contributed by atoms with Crippen LogP contribution in [0.3, 0.4) is 0 Å². The number of rotatable bonds is 1. The van der Waals surface area contributed by atoms with E-state index in [0.717, 1.165) is 5.56 Å². The van der Waals surface area contributed by atoms with E-state index in [1.54, 1.807) is 12.1 Å². The van der Waals surface area contributed by atoms with Gasteiger partial charge in [0.05, 0.1) is 23.8 Å². The van der Waals surface area contributed by atoms with E-state index in [0.29, 0.717) is 17.4 Å². The first-order valence-electron chi connectivity index (χ1n) is 4.92. The largest absolute Gasteiger partial charge is 0.313 e. The highest BCUT2D eigenvalue weighted by Gasteiger charge is 1.98. The highest BCUT2D eigenvalue weighted by Crippen LogP contribution is 2.07. The Morgan fingerprint density at radius 2 is 2.38 bits per heavy atom. The Morgan fingerprint density at radius 3 is 3.19 bits per heavy atom. The van der Waals surface area contributed by atoms with Gasteiger partial charge in [0, 0.05) is 5.56 Å². The van der Waals surface area contributed by atoms with Gasteiger partial charge in [0.25, 0.3) is 5.56 Å². The monoisotopic (exact) mass is 213 g/mol. The zero-order valence-electron chi connectivity index (χ0n) is 8.87. The van der Waals surface area contributed by atoms with Crippen molar-refractivity contribution in [3.63, 3.8) is 0 Å². The summed E-state index contributed by atoms with van der Waals surface area (Å²) in [5.41, 5.74) is 1.37. The molecule has 2 N–H and O–H groups in total. The fourth-order valence-electron chi connectivity index (χ4n) is 1.38. The molecular weight excluding hydrogens is 202 g/mol. The molecule has 0 amide bonds. The maximum Gasteiger partial charge on any atom is 0.258 e. The second-order valence-electron chi connectivity index (χ2n) is 3.30. The third kappa shape index (κ3) is 2.10. The number of aromatic amines is 1. The molecule has 4 heteroatoms. The minimum Gasteiger partial charge on any atom is -0.313 e. The molecule has 0 aliphatic heterocycles. The van der Waals surface area contributed by atoms with Crippen molar-refractivity contribution in [2.24, 2.45) is 0 Å². The lowest BCUT2D eigenvalue weighted by molar-refractivity contribution is 0.938. The lowest BCUT2D eigenvalue weighted by Gasteiger charge is -1.95. The third-order valence-corrected chi connectivity index (χ3v) is 2.14. The summed E-state index contributed by atoms with van der Waals surface area (Å²) in [6.45, 7) is 0.626. The molecule has 16 heavy (non-hydrogen) atoms. The summed E-state index contributed by atoms with van der Waals surface area (Å²) in [4.78, 5) is 18.1. The fourth-order valence-corrected chi connectivity index (χ4v) is 1.38. The number of H-pyrrole nitrogens is 1. The molecule has 0 saturated heterocycles. The summed E-state index contributed by atoms with van der Waals surface area (Å²) >= 11 is 0. The molecule has 0 radical (unpaired) electrons. The van der Waals surface area contributed by atoms with Crippen LogP contribution >= 0.6 is 0 Å².